The standard InChI is InChI=1S/C19H32O5S/c1-2-3-4-7-14(20)9-10-15-16(18(22)12-17(15)21)13-25-11-6-5-8-19(23)24/h9-10,14-17,20-21H,2-8,11-13H2,1H3,(H,23,24)/b10-9+/t14-,15+,16+,17+/m0/s1. The second-order valence-corrected chi connectivity index (χ2v) is 7.95. The molecule has 0 spiro atoms. The van der Waals surface area contributed by atoms with Crippen molar-refractivity contribution in [3.8, 4) is 0 Å². The molecule has 1 saturated carbocycles. The fraction of sp³-hybridized carbons (Fsp3) is 0.789. The van der Waals surface area contributed by atoms with Crippen molar-refractivity contribution in [2.45, 2.75) is 70.5 Å². The number of Topliss-reactive ketones (excluding diaryl/α,β-unsaturated/α-hetero) is 1. The van der Waals surface area contributed by atoms with Crippen molar-refractivity contribution in [1.82, 2.24) is 0 Å². The van der Waals surface area contributed by atoms with Gasteiger partial charge >= 0.3 is 5.97 Å². The van der Waals surface area contributed by atoms with Crippen LogP contribution in [0.5, 0.6) is 0 Å². The first kappa shape index (κ1) is 22.2. The molecule has 3 N–H and O–H groups in total. The summed E-state index contributed by atoms with van der Waals surface area (Å²) in [5.41, 5.74) is 0. The molecular formula is C19H32O5S. The third-order valence-corrected chi connectivity index (χ3v) is 5.79. The van der Waals surface area contributed by atoms with E-state index < -0.39 is 18.2 Å². The van der Waals surface area contributed by atoms with Crippen LogP contribution in [0.1, 0.15) is 58.3 Å². The number of carboxylic acids is 1. The Morgan fingerprint density at radius 1 is 1.32 bits per heavy atom. The van der Waals surface area contributed by atoms with Crippen LogP contribution in [0.25, 0.3) is 0 Å². The number of hydrogen-bond donors (Lipinski definition) is 3. The molecule has 1 aliphatic carbocycles. The lowest BCUT2D eigenvalue weighted by Gasteiger charge is -2.17. The number of ketones is 1. The van der Waals surface area contributed by atoms with E-state index in [1.807, 2.05) is 6.08 Å². The molecule has 144 valence electrons. The predicted octanol–water partition coefficient (Wildman–Crippen LogP) is 3.04. The first-order valence-corrected chi connectivity index (χ1v) is 10.5. The van der Waals surface area contributed by atoms with Gasteiger partial charge in [0.15, 0.2) is 0 Å². The zero-order valence-electron chi connectivity index (χ0n) is 15.1. The molecule has 0 heterocycles. The highest BCUT2D eigenvalue weighted by Gasteiger charge is 2.39. The minimum Gasteiger partial charge on any atom is -0.481 e. The Morgan fingerprint density at radius 2 is 2.08 bits per heavy atom. The van der Waals surface area contributed by atoms with Gasteiger partial charge in [-0.2, -0.15) is 11.8 Å². The van der Waals surface area contributed by atoms with Crippen LogP contribution in [0.15, 0.2) is 12.2 Å². The molecule has 0 amide bonds. The van der Waals surface area contributed by atoms with Crippen LogP contribution in [0.4, 0.5) is 0 Å². The largest absolute Gasteiger partial charge is 0.481 e. The number of unbranched alkanes of at least 4 members (excludes halogenated alkanes) is 3. The monoisotopic (exact) mass is 372 g/mol. The normalized spacial score (nSPS) is 24.9. The third kappa shape index (κ3) is 8.88. The Bertz CT molecular complexity index is 438. The molecule has 0 bridgehead atoms. The average Bonchev–Trinajstić information content (AvgIpc) is 2.82. The first-order valence-electron chi connectivity index (χ1n) is 9.32. The molecule has 0 aliphatic heterocycles. The number of carbonyl (C=O) groups excluding carboxylic acids is 1. The van der Waals surface area contributed by atoms with Crippen LogP contribution >= 0.6 is 11.8 Å². The van der Waals surface area contributed by atoms with Crippen molar-refractivity contribution in [3.05, 3.63) is 12.2 Å². The minimum atomic E-state index is -0.776. The molecule has 25 heavy (non-hydrogen) atoms. The van der Waals surface area contributed by atoms with Crippen LogP contribution in [0, 0.1) is 11.8 Å². The fourth-order valence-electron chi connectivity index (χ4n) is 3.09. The van der Waals surface area contributed by atoms with Gasteiger partial charge in [0.2, 0.25) is 0 Å². The minimum absolute atomic E-state index is 0.0839. The number of carbonyl (C=O) groups is 2. The van der Waals surface area contributed by atoms with E-state index in [-0.39, 0.29) is 30.5 Å². The molecule has 4 atom stereocenters. The molecule has 6 heteroatoms. The second kappa shape index (κ2) is 12.5. The molecule has 0 saturated heterocycles. The third-order valence-electron chi connectivity index (χ3n) is 4.62. The summed E-state index contributed by atoms with van der Waals surface area (Å²) in [6.07, 6.45) is 8.10. The molecule has 0 aromatic rings. The van der Waals surface area contributed by atoms with Crippen molar-refractivity contribution < 1.29 is 24.9 Å². The smallest absolute Gasteiger partial charge is 0.303 e. The summed E-state index contributed by atoms with van der Waals surface area (Å²) in [7, 11) is 0. The summed E-state index contributed by atoms with van der Waals surface area (Å²) < 4.78 is 0. The van der Waals surface area contributed by atoms with E-state index in [9.17, 15) is 19.8 Å². The number of carboxylic acid groups (broad SMARTS) is 1. The van der Waals surface area contributed by atoms with Crippen molar-refractivity contribution in [3.63, 3.8) is 0 Å². The Balaban J connectivity index is 2.39. The summed E-state index contributed by atoms with van der Waals surface area (Å²) in [4.78, 5) is 22.6. The average molecular weight is 373 g/mol. The van der Waals surface area contributed by atoms with E-state index in [1.165, 1.54) is 0 Å². The lowest BCUT2D eigenvalue weighted by molar-refractivity contribution is -0.137. The van der Waals surface area contributed by atoms with Crippen LogP contribution in [-0.4, -0.2) is 50.8 Å². The molecule has 1 fully saturated rings. The number of thioether (sulfide) groups is 1. The van der Waals surface area contributed by atoms with Crippen LogP contribution < -0.4 is 0 Å². The quantitative estimate of drug-likeness (QED) is 0.340. The molecule has 0 aromatic heterocycles. The van der Waals surface area contributed by atoms with Gasteiger partial charge in [-0.1, -0.05) is 38.3 Å². The Morgan fingerprint density at radius 3 is 2.76 bits per heavy atom. The SMILES string of the molecule is CCCCC[C@H](O)/C=C/[C@H]1[C@H](O)CC(=O)[C@@H]1CSCCCCC(=O)O. The maximum absolute atomic E-state index is 12.1. The summed E-state index contributed by atoms with van der Waals surface area (Å²) in [6, 6.07) is 0. The second-order valence-electron chi connectivity index (χ2n) is 6.80. The lowest BCUT2D eigenvalue weighted by Crippen LogP contribution is -2.21. The van der Waals surface area contributed by atoms with Gasteiger partial charge in [-0.05, 0) is 25.0 Å². The van der Waals surface area contributed by atoms with Gasteiger partial charge < -0.3 is 15.3 Å². The number of aliphatic carboxylic acids is 1. The maximum Gasteiger partial charge on any atom is 0.303 e. The zero-order chi connectivity index (χ0) is 18.7. The molecule has 0 radical (unpaired) electrons. The molecular weight excluding hydrogens is 340 g/mol. The predicted molar refractivity (Wildman–Crippen MR) is 101 cm³/mol. The van der Waals surface area contributed by atoms with Gasteiger partial charge in [0.1, 0.15) is 5.78 Å². The topological polar surface area (TPSA) is 94.8 Å². The number of rotatable bonds is 13. The molecule has 1 aliphatic rings. The van der Waals surface area contributed by atoms with Gasteiger partial charge in [0.25, 0.3) is 0 Å². The van der Waals surface area contributed by atoms with Crippen molar-refractivity contribution in [2.24, 2.45) is 11.8 Å². The lowest BCUT2D eigenvalue weighted by atomic mass is 9.94. The fourth-order valence-corrected chi connectivity index (χ4v) is 4.33. The van der Waals surface area contributed by atoms with Crippen LogP contribution in [0.3, 0.4) is 0 Å². The van der Waals surface area contributed by atoms with Gasteiger partial charge in [-0.25, -0.2) is 0 Å². The number of aliphatic hydroxyl groups excluding tert-OH is 2. The highest BCUT2D eigenvalue weighted by atomic mass is 32.2. The zero-order valence-corrected chi connectivity index (χ0v) is 15.9. The van der Waals surface area contributed by atoms with Crippen molar-refractivity contribution in [2.75, 3.05) is 11.5 Å². The highest BCUT2D eigenvalue weighted by molar-refractivity contribution is 7.99. The van der Waals surface area contributed by atoms with E-state index in [1.54, 1.807) is 17.8 Å². The van der Waals surface area contributed by atoms with Crippen LogP contribution in [0.2, 0.25) is 0 Å². The number of aliphatic hydroxyl groups is 2. The van der Waals surface area contributed by atoms with E-state index >= 15 is 0 Å². The van der Waals surface area contributed by atoms with E-state index in [2.05, 4.69) is 6.92 Å². The van der Waals surface area contributed by atoms with Gasteiger partial charge in [0, 0.05) is 30.4 Å². The Hall–Kier alpha value is -0.850. The van der Waals surface area contributed by atoms with Crippen LogP contribution in [-0.2, 0) is 9.59 Å². The first-order chi connectivity index (χ1) is 12.0. The van der Waals surface area contributed by atoms with Gasteiger partial charge in [-0.3, -0.25) is 9.59 Å². The van der Waals surface area contributed by atoms with E-state index in [4.69, 9.17) is 5.11 Å². The maximum atomic E-state index is 12.1. The Kier molecular flexibility index (Phi) is 11.1. The van der Waals surface area contributed by atoms with Gasteiger partial charge in [-0.15, -0.1) is 0 Å². The van der Waals surface area contributed by atoms with Crippen molar-refractivity contribution in [1.29, 1.82) is 0 Å². The van der Waals surface area contributed by atoms with E-state index in [0.717, 1.165) is 31.4 Å². The summed E-state index contributed by atoms with van der Waals surface area (Å²) in [5, 5.41) is 28.7. The van der Waals surface area contributed by atoms with Crippen molar-refractivity contribution >= 4 is 23.5 Å². The molecule has 1 rings (SSSR count). The van der Waals surface area contributed by atoms with E-state index in [0.29, 0.717) is 18.6 Å². The van der Waals surface area contributed by atoms with Gasteiger partial charge in [0.05, 0.1) is 12.2 Å². The summed E-state index contributed by atoms with van der Waals surface area (Å²) in [6.45, 7) is 2.12. The number of hydrogen-bond acceptors (Lipinski definition) is 5. The molecule has 0 unspecified atom stereocenters. The Labute approximate surface area is 154 Å². The molecule has 5 nitrogen and oxygen atoms in total. The summed E-state index contributed by atoms with van der Waals surface area (Å²) in [5.74, 6) is 0.341. The molecule has 0 aromatic carbocycles. The summed E-state index contributed by atoms with van der Waals surface area (Å²) >= 11 is 1.64. The highest BCUT2D eigenvalue weighted by Crippen LogP contribution is 2.33.